The van der Waals surface area contributed by atoms with Crippen LogP contribution in [-0.4, -0.2) is 19.5 Å². The number of allylic oxidation sites excluding steroid dienone is 4. The van der Waals surface area contributed by atoms with Crippen LogP contribution in [0.4, 0.5) is 0 Å². The van der Waals surface area contributed by atoms with Gasteiger partial charge in [-0.1, -0.05) is 60.7 Å². The van der Waals surface area contributed by atoms with Crippen molar-refractivity contribution >= 4 is 25.6 Å². The van der Waals surface area contributed by atoms with Crippen molar-refractivity contribution in [3.05, 3.63) is 106 Å². The standard InChI is InChI=1S/C25H20N2O4S/c1-17-23(21(16-26)27-2)20(14-9-15-22(28)29)25(19-12-7-4-8-13-19)32(30,31)24(17)18-10-5-3-6-11-18/h3-8,10-13H,9,14-15H2,1H3,(H,28,29). The SMILES string of the molecule is [C-]#[N+]C(C#N)=C1C(C)=C(c2ccccc2)S(=O)(=O)C(c2ccccc2)=C1CCCC(=O)O. The van der Waals surface area contributed by atoms with E-state index >= 15 is 0 Å². The van der Waals surface area contributed by atoms with E-state index < -0.39 is 15.8 Å². The molecule has 0 aromatic heterocycles. The Bertz CT molecular complexity index is 1320. The van der Waals surface area contributed by atoms with E-state index in [1.807, 2.05) is 6.07 Å². The van der Waals surface area contributed by atoms with Crippen molar-refractivity contribution < 1.29 is 18.3 Å². The molecule has 0 atom stereocenters. The lowest BCUT2D eigenvalue weighted by Gasteiger charge is -2.28. The first-order chi connectivity index (χ1) is 15.3. The van der Waals surface area contributed by atoms with Gasteiger partial charge >= 0.3 is 5.97 Å². The summed E-state index contributed by atoms with van der Waals surface area (Å²) in [7, 11) is -4.04. The topological polar surface area (TPSA) is 99.6 Å². The van der Waals surface area contributed by atoms with Crippen LogP contribution >= 0.6 is 0 Å². The van der Waals surface area contributed by atoms with Crippen LogP contribution < -0.4 is 0 Å². The van der Waals surface area contributed by atoms with Gasteiger partial charge in [0, 0.05) is 12.0 Å². The highest BCUT2D eigenvalue weighted by Gasteiger charge is 2.38. The Kier molecular flexibility index (Phi) is 6.73. The van der Waals surface area contributed by atoms with Crippen molar-refractivity contribution in [3.63, 3.8) is 0 Å². The number of hydrogen-bond acceptors (Lipinski definition) is 4. The lowest BCUT2D eigenvalue weighted by Crippen LogP contribution is -2.18. The van der Waals surface area contributed by atoms with Gasteiger partial charge in [-0.3, -0.25) is 4.79 Å². The van der Waals surface area contributed by atoms with Crippen LogP contribution in [-0.2, 0) is 14.6 Å². The Labute approximate surface area is 187 Å². The maximum atomic E-state index is 14.0. The summed E-state index contributed by atoms with van der Waals surface area (Å²) in [6, 6.07) is 19.0. The molecule has 0 unspecified atom stereocenters. The van der Waals surface area contributed by atoms with Gasteiger partial charge in [-0.25, -0.2) is 18.5 Å². The number of hydrogen-bond donors (Lipinski definition) is 1. The summed E-state index contributed by atoms with van der Waals surface area (Å²) >= 11 is 0. The molecule has 7 heteroatoms. The van der Waals surface area contributed by atoms with E-state index in [1.54, 1.807) is 67.6 Å². The summed E-state index contributed by atoms with van der Waals surface area (Å²) in [6.45, 7) is 9.11. The number of carboxylic acids is 1. The summed E-state index contributed by atoms with van der Waals surface area (Å²) < 4.78 is 27.9. The van der Waals surface area contributed by atoms with Crippen LogP contribution in [0, 0.1) is 17.9 Å². The first-order valence-corrected chi connectivity index (χ1v) is 11.4. The Morgan fingerprint density at radius 3 is 2.03 bits per heavy atom. The second kappa shape index (κ2) is 9.47. The van der Waals surface area contributed by atoms with Crippen LogP contribution in [0.25, 0.3) is 14.7 Å². The lowest BCUT2D eigenvalue weighted by atomic mass is 9.89. The van der Waals surface area contributed by atoms with Crippen LogP contribution in [0.15, 0.2) is 83.1 Å². The van der Waals surface area contributed by atoms with Crippen molar-refractivity contribution in [1.29, 1.82) is 5.26 Å². The molecule has 0 saturated heterocycles. The number of sulfone groups is 1. The van der Waals surface area contributed by atoms with E-state index in [0.29, 0.717) is 22.3 Å². The van der Waals surface area contributed by atoms with Crippen molar-refractivity contribution in [2.24, 2.45) is 0 Å². The fraction of sp³-hybridized carbons (Fsp3) is 0.160. The molecular formula is C25H20N2O4S. The van der Waals surface area contributed by atoms with Gasteiger partial charge in [0.1, 0.15) is 0 Å². The first-order valence-electron chi connectivity index (χ1n) is 9.87. The molecule has 0 amide bonds. The highest BCUT2D eigenvalue weighted by molar-refractivity contribution is 8.09. The second-order valence-electron chi connectivity index (χ2n) is 7.19. The molecule has 0 saturated carbocycles. The third-order valence-corrected chi connectivity index (χ3v) is 7.27. The number of aliphatic carboxylic acids is 1. The molecule has 0 aliphatic carbocycles. The maximum absolute atomic E-state index is 14.0. The Balaban J connectivity index is 2.43. The quantitative estimate of drug-likeness (QED) is 0.487. The molecule has 0 radical (unpaired) electrons. The monoisotopic (exact) mass is 444 g/mol. The molecular weight excluding hydrogens is 424 g/mol. The third kappa shape index (κ3) is 4.25. The van der Waals surface area contributed by atoms with Gasteiger partial charge < -0.3 is 5.11 Å². The van der Waals surface area contributed by atoms with Crippen LogP contribution in [0.5, 0.6) is 0 Å². The van der Waals surface area contributed by atoms with E-state index in [0.717, 1.165) is 0 Å². The average Bonchev–Trinajstić information content (AvgIpc) is 2.77. The van der Waals surface area contributed by atoms with E-state index in [4.69, 9.17) is 11.7 Å². The number of nitriles is 1. The van der Waals surface area contributed by atoms with E-state index in [1.165, 1.54) is 0 Å². The van der Waals surface area contributed by atoms with Gasteiger partial charge in [0.05, 0.1) is 22.5 Å². The fourth-order valence-electron chi connectivity index (χ4n) is 3.91. The summed E-state index contributed by atoms with van der Waals surface area (Å²) in [4.78, 5) is 14.5. The highest BCUT2D eigenvalue weighted by Crippen LogP contribution is 2.48. The summed E-state index contributed by atoms with van der Waals surface area (Å²) in [5.74, 6) is -1.00. The predicted molar refractivity (Wildman–Crippen MR) is 122 cm³/mol. The molecule has 0 fully saturated rings. The predicted octanol–water partition coefficient (Wildman–Crippen LogP) is 5.21. The van der Waals surface area contributed by atoms with E-state index in [-0.39, 0.29) is 40.3 Å². The largest absolute Gasteiger partial charge is 0.481 e. The van der Waals surface area contributed by atoms with Gasteiger partial charge in [0.15, 0.2) is 0 Å². The van der Waals surface area contributed by atoms with E-state index in [9.17, 15) is 18.5 Å². The van der Waals surface area contributed by atoms with Gasteiger partial charge in [0.2, 0.25) is 9.84 Å². The molecule has 0 bridgehead atoms. The lowest BCUT2D eigenvalue weighted by molar-refractivity contribution is -0.137. The molecule has 1 heterocycles. The molecule has 160 valence electrons. The van der Waals surface area contributed by atoms with Crippen molar-refractivity contribution in [2.75, 3.05) is 0 Å². The van der Waals surface area contributed by atoms with Crippen molar-refractivity contribution in [3.8, 4) is 6.07 Å². The third-order valence-electron chi connectivity index (χ3n) is 5.17. The highest BCUT2D eigenvalue weighted by atomic mass is 32.2. The minimum Gasteiger partial charge on any atom is -0.481 e. The molecule has 0 spiro atoms. The van der Waals surface area contributed by atoms with Gasteiger partial charge in [-0.2, -0.15) is 0 Å². The van der Waals surface area contributed by atoms with Crippen molar-refractivity contribution in [2.45, 2.75) is 26.2 Å². The second-order valence-corrected chi connectivity index (χ2v) is 9.02. The number of nitrogens with zero attached hydrogens (tertiary/aromatic N) is 2. The molecule has 1 N–H and O–H groups in total. The molecule has 3 rings (SSSR count). The summed E-state index contributed by atoms with van der Waals surface area (Å²) in [5.41, 5.74) is 1.56. The minimum atomic E-state index is -4.04. The van der Waals surface area contributed by atoms with Gasteiger partial charge in [-0.05, 0) is 42.0 Å². The normalized spacial score (nSPS) is 16.8. The zero-order valence-corrected chi connectivity index (χ0v) is 18.2. The molecule has 32 heavy (non-hydrogen) atoms. The maximum Gasteiger partial charge on any atom is 0.303 e. The Morgan fingerprint density at radius 1 is 1.03 bits per heavy atom. The molecule has 2 aromatic rings. The Morgan fingerprint density at radius 2 is 1.56 bits per heavy atom. The van der Waals surface area contributed by atoms with E-state index in [2.05, 4.69) is 4.85 Å². The first kappa shape index (κ1) is 22.7. The Hall–Kier alpha value is -3.94. The average molecular weight is 445 g/mol. The number of carboxylic acid groups (broad SMARTS) is 1. The summed E-state index contributed by atoms with van der Waals surface area (Å²) in [5, 5.41) is 18.7. The molecule has 1 aliphatic rings. The molecule has 2 aromatic carbocycles. The number of rotatable bonds is 6. The number of benzene rings is 2. The zero-order valence-electron chi connectivity index (χ0n) is 17.4. The summed E-state index contributed by atoms with van der Waals surface area (Å²) in [6.07, 6.45) is 0.114. The smallest absolute Gasteiger partial charge is 0.303 e. The molecule has 6 nitrogen and oxygen atoms in total. The van der Waals surface area contributed by atoms with Crippen LogP contribution in [0.3, 0.4) is 0 Å². The van der Waals surface area contributed by atoms with Gasteiger partial charge in [-0.15, -0.1) is 0 Å². The van der Waals surface area contributed by atoms with Crippen LogP contribution in [0.2, 0.25) is 0 Å². The zero-order chi connectivity index (χ0) is 23.3. The molecule has 1 aliphatic heterocycles. The minimum absolute atomic E-state index is 0.0133. The van der Waals surface area contributed by atoms with Crippen molar-refractivity contribution in [1.82, 2.24) is 0 Å². The van der Waals surface area contributed by atoms with Gasteiger partial charge in [0.25, 0.3) is 5.70 Å². The van der Waals surface area contributed by atoms with Crippen LogP contribution in [0.1, 0.15) is 37.3 Å². The number of carbonyl (C=O) groups is 1. The fourth-order valence-corrected chi connectivity index (χ4v) is 6.04.